The SMILES string of the molecule is COc1ccc(C2CC2N)c(NC(=O)OC(C)(C)C)c1. The highest BCUT2D eigenvalue weighted by Gasteiger charge is 2.37. The fourth-order valence-electron chi connectivity index (χ4n) is 2.08. The summed E-state index contributed by atoms with van der Waals surface area (Å²) in [5.74, 6) is 0.986. The molecule has 1 saturated carbocycles. The Hall–Kier alpha value is -1.75. The fraction of sp³-hybridized carbons (Fsp3) is 0.533. The highest BCUT2D eigenvalue weighted by Crippen LogP contribution is 2.43. The molecule has 0 bridgehead atoms. The van der Waals surface area contributed by atoms with Crippen LogP contribution in [0.25, 0.3) is 0 Å². The third kappa shape index (κ3) is 3.63. The van der Waals surface area contributed by atoms with Gasteiger partial charge in [0.25, 0.3) is 0 Å². The summed E-state index contributed by atoms with van der Waals surface area (Å²) >= 11 is 0. The minimum atomic E-state index is -0.529. The quantitative estimate of drug-likeness (QED) is 0.891. The van der Waals surface area contributed by atoms with E-state index in [4.69, 9.17) is 15.2 Å². The van der Waals surface area contributed by atoms with E-state index in [1.54, 1.807) is 13.2 Å². The number of ether oxygens (including phenoxy) is 2. The van der Waals surface area contributed by atoms with Gasteiger partial charge in [0.2, 0.25) is 0 Å². The zero-order chi connectivity index (χ0) is 14.9. The highest BCUT2D eigenvalue weighted by molar-refractivity contribution is 5.86. The van der Waals surface area contributed by atoms with Crippen LogP contribution in [0.3, 0.4) is 0 Å². The largest absolute Gasteiger partial charge is 0.497 e. The van der Waals surface area contributed by atoms with E-state index in [0.717, 1.165) is 12.0 Å². The zero-order valence-corrected chi connectivity index (χ0v) is 12.4. The molecule has 5 nitrogen and oxygen atoms in total. The van der Waals surface area contributed by atoms with Crippen molar-refractivity contribution in [2.24, 2.45) is 5.73 Å². The van der Waals surface area contributed by atoms with Crippen LogP contribution >= 0.6 is 0 Å². The van der Waals surface area contributed by atoms with Gasteiger partial charge in [-0.1, -0.05) is 6.07 Å². The molecular weight excluding hydrogens is 256 g/mol. The Morgan fingerprint density at radius 2 is 2.05 bits per heavy atom. The summed E-state index contributed by atoms with van der Waals surface area (Å²) in [6.07, 6.45) is 0.469. The van der Waals surface area contributed by atoms with Crippen molar-refractivity contribution in [2.45, 2.75) is 44.8 Å². The van der Waals surface area contributed by atoms with Gasteiger partial charge in [0.15, 0.2) is 0 Å². The summed E-state index contributed by atoms with van der Waals surface area (Å²) in [4.78, 5) is 11.9. The normalized spacial score (nSPS) is 21.2. The van der Waals surface area contributed by atoms with Crippen molar-refractivity contribution in [3.05, 3.63) is 23.8 Å². The number of nitrogens with one attached hydrogen (secondary N) is 1. The molecule has 0 spiro atoms. The van der Waals surface area contributed by atoms with E-state index in [9.17, 15) is 4.79 Å². The molecule has 0 aromatic heterocycles. The number of rotatable bonds is 3. The van der Waals surface area contributed by atoms with Gasteiger partial charge in [0.1, 0.15) is 11.4 Å². The number of benzene rings is 1. The molecule has 0 radical (unpaired) electrons. The number of amides is 1. The summed E-state index contributed by atoms with van der Waals surface area (Å²) in [7, 11) is 1.59. The molecule has 1 amide bonds. The minimum Gasteiger partial charge on any atom is -0.497 e. The molecular formula is C15H22N2O3. The molecule has 0 aliphatic heterocycles. The maximum Gasteiger partial charge on any atom is 0.412 e. The number of carbonyl (C=O) groups is 1. The van der Waals surface area contributed by atoms with E-state index in [2.05, 4.69) is 5.32 Å². The van der Waals surface area contributed by atoms with Gasteiger partial charge in [0.05, 0.1) is 12.8 Å². The second-order valence-corrected chi connectivity index (χ2v) is 6.09. The summed E-state index contributed by atoms with van der Waals surface area (Å²) < 4.78 is 10.5. The first kappa shape index (κ1) is 14.7. The molecule has 1 aliphatic carbocycles. The number of hydrogen-bond acceptors (Lipinski definition) is 4. The van der Waals surface area contributed by atoms with Crippen molar-refractivity contribution in [1.29, 1.82) is 0 Å². The summed E-state index contributed by atoms with van der Waals surface area (Å²) in [5, 5.41) is 2.79. The Bertz CT molecular complexity index is 508. The molecule has 2 atom stereocenters. The smallest absolute Gasteiger partial charge is 0.412 e. The van der Waals surface area contributed by atoms with Crippen molar-refractivity contribution in [2.75, 3.05) is 12.4 Å². The third-order valence-electron chi connectivity index (χ3n) is 3.14. The standard InChI is InChI=1S/C15H22N2O3/c1-15(2,3)20-14(18)17-13-7-9(19-4)5-6-10(13)11-8-12(11)16/h5-7,11-12H,8,16H2,1-4H3,(H,17,18). The average Bonchev–Trinajstić information content (AvgIpc) is 3.03. The molecule has 2 rings (SSSR count). The Labute approximate surface area is 119 Å². The maximum absolute atomic E-state index is 11.9. The number of hydrogen-bond donors (Lipinski definition) is 2. The van der Waals surface area contributed by atoms with Gasteiger partial charge in [-0.2, -0.15) is 0 Å². The Morgan fingerprint density at radius 3 is 2.55 bits per heavy atom. The molecule has 0 saturated heterocycles. The minimum absolute atomic E-state index is 0.169. The second kappa shape index (κ2) is 5.32. The third-order valence-corrected chi connectivity index (χ3v) is 3.14. The van der Waals surface area contributed by atoms with Crippen LogP contribution in [-0.2, 0) is 4.74 Å². The molecule has 0 heterocycles. The lowest BCUT2D eigenvalue weighted by molar-refractivity contribution is 0.0636. The first-order valence-corrected chi connectivity index (χ1v) is 6.73. The predicted molar refractivity (Wildman–Crippen MR) is 78.2 cm³/mol. The molecule has 3 N–H and O–H groups in total. The summed E-state index contributed by atoms with van der Waals surface area (Å²) in [6, 6.07) is 5.79. The molecule has 110 valence electrons. The Kier molecular flexibility index (Phi) is 3.90. The van der Waals surface area contributed by atoms with Gasteiger partial charge in [0, 0.05) is 18.0 Å². The van der Waals surface area contributed by atoms with Crippen LogP contribution in [0.1, 0.15) is 38.7 Å². The predicted octanol–water partition coefficient (Wildman–Crippen LogP) is 2.86. The van der Waals surface area contributed by atoms with Crippen molar-refractivity contribution >= 4 is 11.8 Å². The van der Waals surface area contributed by atoms with Crippen LogP contribution < -0.4 is 15.8 Å². The molecule has 1 fully saturated rings. The lowest BCUT2D eigenvalue weighted by Crippen LogP contribution is -2.27. The fourth-order valence-corrected chi connectivity index (χ4v) is 2.08. The van der Waals surface area contributed by atoms with Crippen LogP contribution in [0.2, 0.25) is 0 Å². The summed E-state index contributed by atoms with van der Waals surface area (Å²) in [6.45, 7) is 5.49. The van der Waals surface area contributed by atoms with Gasteiger partial charge < -0.3 is 15.2 Å². The van der Waals surface area contributed by atoms with Crippen molar-refractivity contribution in [3.63, 3.8) is 0 Å². The first-order chi connectivity index (χ1) is 9.30. The molecule has 1 aromatic carbocycles. The van der Waals surface area contributed by atoms with Gasteiger partial charge in [-0.05, 0) is 38.8 Å². The molecule has 2 unspecified atom stereocenters. The van der Waals surface area contributed by atoms with Crippen LogP contribution in [0.4, 0.5) is 10.5 Å². The molecule has 1 aliphatic rings. The van der Waals surface area contributed by atoms with Crippen molar-refractivity contribution < 1.29 is 14.3 Å². The zero-order valence-electron chi connectivity index (χ0n) is 12.4. The lowest BCUT2D eigenvalue weighted by Gasteiger charge is -2.20. The summed E-state index contributed by atoms with van der Waals surface area (Å²) in [5.41, 5.74) is 7.10. The van der Waals surface area contributed by atoms with Crippen molar-refractivity contribution in [1.82, 2.24) is 0 Å². The second-order valence-electron chi connectivity index (χ2n) is 6.09. The van der Waals surface area contributed by atoms with Crippen LogP contribution in [0.5, 0.6) is 5.75 Å². The van der Waals surface area contributed by atoms with Crippen LogP contribution in [0, 0.1) is 0 Å². The number of anilines is 1. The van der Waals surface area contributed by atoms with Gasteiger partial charge >= 0.3 is 6.09 Å². The number of carbonyl (C=O) groups excluding carboxylic acids is 1. The topological polar surface area (TPSA) is 73.6 Å². The van der Waals surface area contributed by atoms with E-state index in [1.807, 2.05) is 32.9 Å². The molecule has 20 heavy (non-hydrogen) atoms. The monoisotopic (exact) mass is 278 g/mol. The number of nitrogens with two attached hydrogens (primary N) is 1. The van der Waals surface area contributed by atoms with E-state index in [-0.39, 0.29) is 6.04 Å². The van der Waals surface area contributed by atoms with E-state index < -0.39 is 11.7 Å². The Balaban J connectivity index is 2.18. The lowest BCUT2D eigenvalue weighted by atomic mass is 10.1. The molecule has 5 heteroatoms. The van der Waals surface area contributed by atoms with E-state index in [0.29, 0.717) is 17.4 Å². The van der Waals surface area contributed by atoms with Gasteiger partial charge in [-0.3, -0.25) is 5.32 Å². The van der Waals surface area contributed by atoms with Crippen LogP contribution in [0.15, 0.2) is 18.2 Å². The maximum atomic E-state index is 11.9. The van der Waals surface area contributed by atoms with E-state index >= 15 is 0 Å². The molecule has 1 aromatic rings. The number of methoxy groups -OCH3 is 1. The average molecular weight is 278 g/mol. The van der Waals surface area contributed by atoms with Gasteiger partial charge in [-0.15, -0.1) is 0 Å². The van der Waals surface area contributed by atoms with Crippen LogP contribution in [-0.4, -0.2) is 24.8 Å². The van der Waals surface area contributed by atoms with Gasteiger partial charge in [-0.25, -0.2) is 4.79 Å². The highest BCUT2D eigenvalue weighted by atomic mass is 16.6. The van der Waals surface area contributed by atoms with Crippen molar-refractivity contribution in [3.8, 4) is 5.75 Å². The Morgan fingerprint density at radius 1 is 1.40 bits per heavy atom. The first-order valence-electron chi connectivity index (χ1n) is 6.73. The van der Waals surface area contributed by atoms with E-state index in [1.165, 1.54) is 0 Å².